The first kappa shape index (κ1) is 27.8. The van der Waals surface area contributed by atoms with Crippen LogP contribution in [0.3, 0.4) is 0 Å². The smallest absolute Gasteiger partial charge is 0.245 e. The number of fused-ring (bicyclic) bond motifs is 1. The Kier molecular flexibility index (Phi) is 8.07. The van der Waals surface area contributed by atoms with E-state index in [0.29, 0.717) is 51.3 Å². The molecular weight excluding hydrogens is 524 g/mol. The maximum absolute atomic E-state index is 14.3. The number of aliphatic hydroxyl groups is 1. The van der Waals surface area contributed by atoms with Gasteiger partial charge in [0, 0.05) is 31.9 Å². The Bertz CT molecular complexity index is 1240. The fourth-order valence-corrected chi connectivity index (χ4v) is 7.23. The zero-order valence-corrected chi connectivity index (χ0v) is 23.1. The summed E-state index contributed by atoms with van der Waals surface area (Å²) in [6.45, 7) is 3.73. The second kappa shape index (κ2) is 11.9. The van der Waals surface area contributed by atoms with Crippen molar-refractivity contribution >= 4 is 23.4 Å². The van der Waals surface area contributed by atoms with Gasteiger partial charge < -0.3 is 30.1 Å². The molecule has 10 nitrogen and oxygen atoms in total. The summed E-state index contributed by atoms with van der Waals surface area (Å²) in [5, 5.41) is 16.6. The summed E-state index contributed by atoms with van der Waals surface area (Å²) >= 11 is 0. The van der Waals surface area contributed by atoms with E-state index in [1.54, 1.807) is 12.1 Å². The average Bonchev–Trinajstić information content (AvgIpc) is 3.65. The topological polar surface area (TPSA) is 120 Å². The number of anilines is 1. The summed E-state index contributed by atoms with van der Waals surface area (Å²) in [5.74, 6) is -2.40. The number of hydrogen-bond acceptors (Lipinski definition) is 7. The van der Waals surface area contributed by atoms with Gasteiger partial charge in [0.15, 0.2) is 0 Å². The Balaban J connectivity index is 1.28. The molecule has 4 aliphatic rings. The first-order chi connectivity index (χ1) is 20.0. The zero-order valence-electron chi connectivity index (χ0n) is 23.1. The third-order valence-corrected chi connectivity index (χ3v) is 9.08. The van der Waals surface area contributed by atoms with Crippen molar-refractivity contribution in [2.45, 2.75) is 43.1 Å². The standard InChI is InChI=1S/C31H38N4O6/c36-20-23(19-21-7-3-1-4-8-21)35-27(29(38)32-13-14-34-15-17-40-18-16-34)31-12-11-24(41-31)25(26(31)30(35)39)28(37)33-22-9-5-2-6-10-22/h1-10,23-27,36H,11-20H2,(H,32,38)(H,33,37)/t23-,24+,25-,26+,27?,31?/m1/s1. The highest BCUT2D eigenvalue weighted by Gasteiger charge is 2.75. The number of para-hydroxylation sites is 1. The van der Waals surface area contributed by atoms with Crippen LogP contribution in [0.4, 0.5) is 5.69 Å². The number of carbonyl (C=O) groups excluding carboxylic acids is 3. The predicted octanol–water partition coefficient (Wildman–Crippen LogP) is 1.05. The molecule has 41 heavy (non-hydrogen) atoms. The van der Waals surface area contributed by atoms with Crippen LogP contribution < -0.4 is 10.6 Å². The Labute approximate surface area is 240 Å². The second-order valence-corrected chi connectivity index (χ2v) is 11.4. The number of ether oxygens (including phenoxy) is 2. The maximum atomic E-state index is 14.3. The number of hydrogen-bond donors (Lipinski definition) is 3. The summed E-state index contributed by atoms with van der Waals surface area (Å²) in [7, 11) is 0. The number of nitrogens with zero attached hydrogens (tertiary/aromatic N) is 2. The molecule has 2 aromatic carbocycles. The molecule has 4 fully saturated rings. The van der Waals surface area contributed by atoms with Crippen LogP contribution in [-0.4, -0.2) is 102 Å². The second-order valence-electron chi connectivity index (χ2n) is 11.4. The molecule has 2 unspecified atom stereocenters. The molecule has 4 saturated heterocycles. The van der Waals surface area contributed by atoms with E-state index in [-0.39, 0.29) is 24.3 Å². The molecule has 3 N–H and O–H groups in total. The van der Waals surface area contributed by atoms with Gasteiger partial charge in [0.25, 0.3) is 0 Å². The summed E-state index contributed by atoms with van der Waals surface area (Å²) in [6, 6.07) is 17.2. The van der Waals surface area contributed by atoms with Crippen LogP contribution in [0.25, 0.3) is 0 Å². The molecule has 3 amide bonds. The van der Waals surface area contributed by atoms with Crippen LogP contribution >= 0.6 is 0 Å². The quantitative estimate of drug-likeness (QED) is 0.396. The number of rotatable bonds is 10. The molecule has 4 heterocycles. The number of carbonyl (C=O) groups is 3. The monoisotopic (exact) mass is 562 g/mol. The van der Waals surface area contributed by atoms with E-state index in [9.17, 15) is 19.5 Å². The Hall–Kier alpha value is -3.31. The number of nitrogens with one attached hydrogen (secondary N) is 2. The number of likely N-dealkylation sites (tertiary alicyclic amines) is 1. The lowest BCUT2D eigenvalue weighted by Crippen LogP contribution is -2.59. The van der Waals surface area contributed by atoms with E-state index in [4.69, 9.17) is 9.47 Å². The molecule has 2 aromatic rings. The molecule has 10 heteroatoms. The van der Waals surface area contributed by atoms with Crippen LogP contribution in [0.15, 0.2) is 60.7 Å². The lowest BCUT2D eigenvalue weighted by atomic mass is 9.70. The van der Waals surface area contributed by atoms with E-state index >= 15 is 0 Å². The van der Waals surface area contributed by atoms with Gasteiger partial charge in [-0.2, -0.15) is 0 Å². The van der Waals surface area contributed by atoms with Gasteiger partial charge in [0.05, 0.1) is 43.8 Å². The Morgan fingerprint density at radius 2 is 1.73 bits per heavy atom. The highest BCUT2D eigenvalue weighted by atomic mass is 16.5. The Morgan fingerprint density at radius 1 is 1.02 bits per heavy atom. The average molecular weight is 563 g/mol. The third-order valence-electron chi connectivity index (χ3n) is 9.08. The fraction of sp³-hybridized carbons (Fsp3) is 0.516. The third kappa shape index (κ3) is 5.25. The first-order valence-corrected chi connectivity index (χ1v) is 14.6. The molecule has 0 radical (unpaired) electrons. The van der Waals surface area contributed by atoms with Crippen LogP contribution in [0.2, 0.25) is 0 Å². The SMILES string of the molecule is O=C(NCCN1CCOCC1)C1N([C@@H](CO)Cc2ccccc2)C(=O)[C@@H]2[C@H](C(=O)Nc3ccccc3)[C@@H]3CCC12O3. The van der Waals surface area contributed by atoms with E-state index < -0.39 is 35.6 Å². The van der Waals surface area contributed by atoms with Gasteiger partial charge in [-0.15, -0.1) is 0 Å². The molecule has 0 aliphatic carbocycles. The summed E-state index contributed by atoms with van der Waals surface area (Å²) in [4.78, 5) is 45.7. The van der Waals surface area contributed by atoms with Gasteiger partial charge in [-0.05, 0) is 37.0 Å². The van der Waals surface area contributed by atoms with Gasteiger partial charge in [-0.1, -0.05) is 48.5 Å². The van der Waals surface area contributed by atoms with Crippen LogP contribution in [0, 0.1) is 11.8 Å². The van der Waals surface area contributed by atoms with Gasteiger partial charge in [0.1, 0.15) is 11.6 Å². The number of aliphatic hydroxyl groups excluding tert-OH is 1. The van der Waals surface area contributed by atoms with E-state index in [2.05, 4.69) is 15.5 Å². The lowest BCUT2D eigenvalue weighted by Gasteiger charge is -2.37. The highest BCUT2D eigenvalue weighted by molar-refractivity contribution is 6.02. The first-order valence-electron chi connectivity index (χ1n) is 14.6. The molecule has 0 saturated carbocycles. The van der Waals surface area contributed by atoms with Gasteiger partial charge in [-0.25, -0.2) is 0 Å². The highest BCUT2D eigenvalue weighted by Crippen LogP contribution is 2.59. The normalized spacial score (nSPS) is 29.8. The maximum Gasteiger partial charge on any atom is 0.245 e. The van der Waals surface area contributed by atoms with Crippen molar-refractivity contribution in [2.75, 3.05) is 51.3 Å². The minimum atomic E-state index is -1.12. The number of benzene rings is 2. The fourth-order valence-electron chi connectivity index (χ4n) is 7.23. The van der Waals surface area contributed by atoms with Crippen molar-refractivity contribution in [2.24, 2.45) is 11.8 Å². The largest absolute Gasteiger partial charge is 0.394 e. The van der Waals surface area contributed by atoms with Gasteiger partial charge in [-0.3, -0.25) is 19.3 Å². The molecule has 0 aromatic heterocycles. The summed E-state index contributed by atoms with van der Waals surface area (Å²) in [6.07, 6.45) is 1.03. The molecule has 1 spiro atoms. The minimum absolute atomic E-state index is 0.280. The van der Waals surface area contributed by atoms with Crippen molar-refractivity contribution < 1.29 is 29.0 Å². The van der Waals surface area contributed by atoms with Crippen molar-refractivity contribution in [3.05, 3.63) is 66.2 Å². The Morgan fingerprint density at radius 3 is 2.44 bits per heavy atom. The summed E-state index contributed by atoms with van der Waals surface area (Å²) < 4.78 is 12.0. The van der Waals surface area contributed by atoms with Crippen molar-refractivity contribution in [1.29, 1.82) is 0 Å². The van der Waals surface area contributed by atoms with Crippen LogP contribution in [0.5, 0.6) is 0 Å². The zero-order chi connectivity index (χ0) is 28.4. The minimum Gasteiger partial charge on any atom is -0.394 e. The van der Waals surface area contributed by atoms with Crippen LogP contribution in [-0.2, 0) is 30.3 Å². The summed E-state index contributed by atoms with van der Waals surface area (Å²) in [5.41, 5.74) is 0.475. The van der Waals surface area contributed by atoms with E-state index in [0.717, 1.165) is 18.7 Å². The van der Waals surface area contributed by atoms with Crippen molar-refractivity contribution in [3.8, 4) is 0 Å². The number of amides is 3. The van der Waals surface area contributed by atoms with Crippen molar-refractivity contribution in [1.82, 2.24) is 15.1 Å². The number of morpholine rings is 1. The van der Waals surface area contributed by atoms with E-state index in [1.807, 2.05) is 48.5 Å². The molecule has 2 bridgehead atoms. The van der Waals surface area contributed by atoms with Crippen LogP contribution in [0.1, 0.15) is 18.4 Å². The molecule has 218 valence electrons. The van der Waals surface area contributed by atoms with E-state index in [1.165, 1.54) is 4.90 Å². The van der Waals surface area contributed by atoms with Gasteiger partial charge >= 0.3 is 0 Å². The molecular formula is C31H38N4O6. The predicted molar refractivity (Wildman–Crippen MR) is 151 cm³/mol. The molecule has 6 rings (SSSR count). The molecule has 6 atom stereocenters. The van der Waals surface area contributed by atoms with Crippen molar-refractivity contribution in [3.63, 3.8) is 0 Å². The van der Waals surface area contributed by atoms with Gasteiger partial charge in [0.2, 0.25) is 17.7 Å². The lowest BCUT2D eigenvalue weighted by molar-refractivity contribution is -0.145. The molecule has 4 aliphatic heterocycles.